The Balaban J connectivity index is 2.20. The lowest BCUT2D eigenvalue weighted by Gasteiger charge is -2.21. The fourth-order valence-electron chi connectivity index (χ4n) is 2.30. The van der Waals surface area contributed by atoms with Crippen LogP contribution in [0.1, 0.15) is 13.3 Å². The van der Waals surface area contributed by atoms with Gasteiger partial charge in [0.15, 0.2) is 0 Å². The quantitative estimate of drug-likeness (QED) is 0.514. The zero-order valence-electron chi connectivity index (χ0n) is 6.99. The Morgan fingerprint density at radius 3 is 3.25 bits per heavy atom. The number of rotatable bonds is 0. The molecule has 2 aliphatic carbocycles. The van der Waals surface area contributed by atoms with E-state index in [1.807, 2.05) is 0 Å². The predicted molar refractivity (Wildman–Crippen MR) is 49.4 cm³/mol. The Morgan fingerprint density at radius 1 is 1.50 bits per heavy atom. The van der Waals surface area contributed by atoms with Crippen molar-refractivity contribution in [2.75, 3.05) is 0 Å². The first-order valence-electron chi connectivity index (χ1n) is 4.24. The molecule has 3 aliphatic rings. The zero-order chi connectivity index (χ0) is 8.23. The van der Waals surface area contributed by atoms with Crippen molar-refractivity contribution in [1.29, 1.82) is 0 Å². The van der Waals surface area contributed by atoms with Crippen molar-refractivity contribution in [3.05, 3.63) is 23.9 Å². The summed E-state index contributed by atoms with van der Waals surface area (Å²) in [4.78, 5) is 8.43. The van der Waals surface area contributed by atoms with E-state index < -0.39 is 0 Å². The molecule has 0 aromatic rings. The van der Waals surface area contributed by atoms with Gasteiger partial charge in [-0.25, -0.2) is 9.98 Å². The van der Waals surface area contributed by atoms with Crippen LogP contribution in [0.25, 0.3) is 0 Å². The first-order valence-corrected chi connectivity index (χ1v) is 4.24. The van der Waals surface area contributed by atoms with Gasteiger partial charge in [0.25, 0.3) is 0 Å². The van der Waals surface area contributed by atoms with Gasteiger partial charge in [0.05, 0.1) is 11.1 Å². The molecule has 0 N–H and O–H groups in total. The minimum Gasteiger partial charge on any atom is -0.248 e. The summed E-state index contributed by atoms with van der Waals surface area (Å²) in [6, 6.07) is 0. The smallest absolute Gasteiger partial charge is 0.115 e. The second-order valence-electron chi connectivity index (χ2n) is 4.00. The summed E-state index contributed by atoms with van der Waals surface area (Å²) in [5, 5.41) is 0. The van der Waals surface area contributed by atoms with Gasteiger partial charge in [-0.05, 0) is 12.5 Å². The highest BCUT2D eigenvalue weighted by Gasteiger charge is 2.65. The molecule has 2 nitrogen and oxygen atoms in total. The monoisotopic (exact) mass is 158 g/mol. The van der Waals surface area contributed by atoms with Crippen molar-refractivity contribution in [1.82, 2.24) is 0 Å². The number of hydrogen-bond acceptors (Lipinski definition) is 2. The van der Waals surface area contributed by atoms with Gasteiger partial charge in [0.1, 0.15) is 6.34 Å². The molecule has 0 amide bonds. The van der Waals surface area contributed by atoms with Crippen molar-refractivity contribution in [2.45, 2.75) is 13.3 Å². The van der Waals surface area contributed by atoms with Gasteiger partial charge in [-0.15, -0.1) is 0 Å². The average Bonchev–Trinajstić information content (AvgIpc) is 2.67. The lowest BCUT2D eigenvalue weighted by atomic mass is 9.88. The predicted octanol–water partition coefficient (Wildman–Crippen LogP) is 1.95. The first kappa shape index (κ1) is 6.35. The molecule has 1 heterocycles. The third kappa shape index (κ3) is 0.501. The highest BCUT2D eigenvalue weighted by molar-refractivity contribution is 5.88. The maximum Gasteiger partial charge on any atom is 0.115 e. The van der Waals surface area contributed by atoms with Gasteiger partial charge in [0, 0.05) is 11.6 Å². The van der Waals surface area contributed by atoms with Crippen molar-refractivity contribution < 1.29 is 0 Å². The van der Waals surface area contributed by atoms with E-state index in [9.17, 15) is 0 Å². The lowest BCUT2D eigenvalue weighted by molar-refractivity contribution is 0.605. The summed E-state index contributed by atoms with van der Waals surface area (Å²) >= 11 is 0. The molecule has 12 heavy (non-hydrogen) atoms. The van der Waals surface area contributed by atoms with Gasteiger partial charge in [-0.3, -0.25) is 0 Å². The third-order valence-electron chi connectivity index (χ3n) is 3.27. The molecule has 0 aromatic carbocycles. The maximum atomic E-state index is 4.30. The Labute approximate surface area is 71.4 Å². The van der Waals surface area contributed by atoms with E-state index in [2.05, 4.69) is 41.4 Å². The first-order chi connectivity index (χ1) is 5.77. The van der Waals surface area contributed by atoms with Crippen molar-refractivity contribution >= 4 is 12.6 Å². The Hall–Kier alpha value is -1.18. The van der Waals surface area contributed by atoms with E-state index >= 15 is 0 Å². The number of hydrogen-bond donors (Lipinski definition) is 0. The van der Waals surface area contributed by atoms with Crippen LogP contribution in [0.2, 0.25) is 0 Å². The van der Waals surface area contributed by atoms with E-state index in [-0.39, 0.29) is 5.41 Å². The molecule has 1 aliphatic heterocycles. The summed E-state index contributed by atoms with van der Waals surface area (Å²) in [5.41, 5.74) is 1.65. The van der Waals surface area contributed by atoms with E-state index in [1.54, 1.807) is 6.34 Å². The summed E-state index contributed by atoms with van der Waals surface area (Å²) in [6.45, 7) is 2.27. The summed E-state index contributed by atoms with van der Waals surface area (Å²) in [7, 11) is 0. The number of nitrogens with zero attached hydrogens (tertiary/aromatic N) is 2. The SMILES string of the molecule is CC12C=CC=C3N=CN=CC31C2. The number of allylic oxidation sites excluding steroid dienone is 4. The van der Waals surface area contributed by atoms with Crippen LogP contribution in [-0.4, -0.2) is 12.6 Å². The van der Waals surface area contributed by atoms with Crippen LogP contribution in [-0.2, 0) is 0 Å². The molecule has 0 bridgehead atoms. The fraction of sp³-hybridized carbons (Fsp3) is 0.400. The molecule has 2 heteroatoms. The molecule has 3 rings (SSSR count). The van der Waals surface area contributed by atoms with Crippen molar-refractivity contribution in [2.24, 2.45) is 20.8 Å². The molecule has 1 spiro atoms. The minimum absolute atomic E-state index is 0.163. The van der Waals surface area contributed by atoms with E-state index in [0.717, 1.165) is 0 Å². The van der Waals surface area contributed by atoms with Gasteiger partial charge in [0.2, 0.25) is 0 Å². The van der Waals surface area contributed by atoms with Crippen LogP contribution in [0.15, 0.2) is 33.9 Å². The van der Waals surface area contributed by atoms with Crippen LogP contribution >= 0.6 is 0 Å². The molecule has 2 unspecified atom stereocenters. The highest BCUT2D eigenvalue weighted by atomic mass is 15.0. The number of aliphatic imine (C=N–C) groups is 2. The molecule has 0 radical (unpaired) electrons. The van der Waals surface area contributed by atoms with E-state index in [1.165, 1.54) is 12.1 Å². The fourth-order valence-corrected chi connectivity index (χ4v) is 2.30. The third-order valence-corrected chi connectivity index (χ3v) is 3.27. The van der Waals surface area contributed by atoms with Crippen LogP contribution in [0.5, 0.6) is 0 Å². The molecule has 0 saturated heterocycles. The highest BCUT2D eigenvalue weighted by Crippen LogP contribution is 2.69. The molecule has 1 fully saturated rings. The summed E-state index contributed by atoms with van der Waals surface area (Å²) in [5.74, 6) is 0. The Morgan fingerprint density at radius 2 is 2.42 bits per heavy atom. The van der Waals surface area contributed by atoms with Crippen molar-refractivity contribution in [3.63, 3.8) is 0 Å². The average molecular weight is 158 g/mol. The standard InChI is InChI=1S/C10H10N2/c1-9-4-2-3-8-10(9,5-9)6-11-7-12-8/h2-4,6-7H,5H2,1H3. The van der Waals surface area contributed by atoms with Gasteiger partial charge in [-0.2, -0.15) is 0 Å². The molecule has 0 aromatic heterocycles. The zero-order valence-corrected chi connectivity index (χ0v) is 6.99. The van der Waals surface area contributed by atoms with E-state index in [0.29, 0.717) is 5.41 Å². The molecule has 1 saturated carbocycles. The van der Waals surface area contributed by atoms with Gasteiger partial charge in [-0.1, -0.05) is 19.1 Å². The molecular formula is C10H10N2. The van der Waals surface area contributed by atoms with Crippen LogP contribution < -0.4 is 0 Å². The second-order valence-corrected chi connectivity index (χ2v) is 4.00. The minimum atomic E-state index is 0.163. The van der Waals surface area contributed by atoms with Crippen LogP contribution in [0.3, 0.4) is 0 Å². The largest absolute Gasteiger partial charge is 0.248 e. The van der Waals surface area contributed by atoms with Gasteiger partial charge < -0.3 is 0 Å². The topological polar surface area (TPSA) is 24.7 Å². The second kappa shape index (κ2) is 1.60. The summed E-state index contributed by atoms with van der Waals surface area (Å²) < 4.78 is 0. The van der Waals surface area contributed by atoms with Gasteiger partial charge >= 0.3 is 0 Å². The molecular weight excluding hydrogens is 148 g/mol. The Kier molecular flexibility index (Phi) is 0.849. The maximum absolute atomic E-state index is 4.30. The van der Waals surface area contributed by atoms with Crippen LogP contribution in [0, 0.1) is 10.8 Å². The normalized spacial score (nSPS) is 46.6. The molecule has 2 atom stereocenters. The Bertz CT molecular complexity index is 362. The van der Waals surface area contributed by atoms with Crippen LogP contribution in [0.4, 0.5) is 0 Å². The summed E-state index contributed by atoms with van der Waals surface area (Å²) in [6.07, 6.45) is 11.3. The lowest BCUT2D eigenvalue weighted by Crippen LogP contribution is -2.18. The van der Waals surface area contributed by atoms with E-state index in [4.69, 9.17) is 0 Å². The van der Waals surface area contributed by atoms with Crippen molar-refractivity contribution in [3.8, 4) is 0 Å². The molecule has 60 valence electrons.